The Morgan fingerprint density at radius 2 is 1.56 bits per heavy atom. The van der Waals surface area contributed by atoms with Gasteiger partial charge in [0.05, 0.1) is 6.54 Å². The number of primary amides is 1. The molecule has 0 unspecified atom stereocenters. The van der Waals surface area contributed by atoms with Crippen molar-refractivity contribution in [3.05, 3.63) is 65.7 Å². The number of Topliss-reactive ketones (excluding diaryl/α,β-unsaturated/α-hetero) is 1. The van der Waals surface area contributed by atoms with Crippen molar-refractivity contribution >= 4 is 23.3 Å². The maximum absolute atomic E-state index is 12.5. The molecule has 0 atom stereocenters. The van der Waals surface area contributed by atoms with E-state index in [0.717, 1.165) is 31.5 Å². The van der Waals surface area contributed by atoms with Gasteiger partial charge in [0, 0.05) is 22.7 Å². The van der Waals surface area contributed by atoms with Crippen molar-refractivity contribution in [2.75, 3.05) is 25.0 Å². The zero-order chi connectivity index (χ0) is 19.2. The fourth-order valence-electron chi connectivity index (χ4n) is 3.31. The van der Waals surface area contributed by atoms with Gasteiger partial charge < -0.3 is 11.1 Å². The van der Waals surface area contributed by atoms with E-state index in [2.05, 4.69) is 10.2 Å². The fraction of sp³-hybridized carbons (Fsp3) is 0.286. The molecule has 3 rings (SSSR count). The van der Waals surface area contributed by atoms with Gasteiger partial charge in [-0.25, -0.2) is 0 Å². The number of rotatable bonds is 6. The number of hydrogen-bond acceptors (Lipinski definition) is 4. The predicted molar refractivity (Wildman–Crippen MR) is 104 cm³/mol. The summed E-state index contributed by atoms with van der Waals surface area (Å²) in [6, 6.07) is 15.8. The lowest BCUT2D eigenvalue weighted by atomic mass is 9.89. The van der Waals surface area contributed by atoms with Gasteiger partial charge in [-0.15, -0.1) is 0 Å². The minimum absolute atomic E-state index is 0.0213. The Kier molecular flexibility index (Phi) is 5.98. The monoisotopic (exact) mass is 365 g/mol. The van der Waals surface area contributed by atoms with Gasteiger partial charge in [0.1, 0.15) is 0 Å². The molecule has 0 radical (unpaired) electrons. The molecule has 27 heavy (non-hydrogen) atoms. The highest BCUT2D eigenvalue weighted by Crippen LogP contribution is 2.21. The summed E-state index contributed by atoms with van der Waals surface area (Å²) in [6.07, 6.45) is 1.52. The first-order chi connectivity index (χ1) is 13.0. The number of amides is 2. The van der Waals surface area contributed by atoms with Crippen molar-refractivity contribution in [3.63, 3.8) is 0 Å². The molecule has 6 nitrogen and oxygen atoms in total. The number of ketones is 1. The predicted octanol–water partition coefficient (Wildman–Crippen LogP) is 2.32. The van der Waals surface area contributed by atoms with E-state index >= 15 is 0 Å². The number of carbonyl (C=O) groups excluding carboxylic acids is 3. The second kappa shape index (κ2) is 8.60. The van der Waals surface area contributed by atoms with Crippen LogP contribution in [0.15, 0.2) is 54.6 Å². The molecule has 2 aromatic rings. The molecule has 1 saturated heterocycles. The van der Waals surface area contributed by atoms with Crippen molar-refractivity contribution in [3.8, 4) is 0 Å². The number of nitrogens with two attached hydrogens (primary N) is 1. The zero-order valence-corrected chi connectivity index (χ0v) is 15.1. The number of piperidine rings is 1. The highest BCUT2D eigenvalue weighted by atomic mass is 16.2. The van der Waals surface area contributed by atoms with Gasteiger partial charge in [0.25, 0.3) is 0 Å². The minimum Gasteiger partial charge on any atom is -0.366 e. The van der Waals surface area contributed by atoms with Gasteiger partial charge in [-0.3, -0.25) is 19.3 Å². The van der Waals surface area contributed by atoms with E-state index in [9.17, 15) is 14.4 Å². The summed E-state index contributed by atoms with van der Waals surface area (Å²) in [4.78, 5) is 37.9. The molecule has 1 aliphatic heterocycles. The Morgan fingerprint density at radius 1 is 0.926 bits per heavy atom. The van der Waals surface area contributed by atoms with Crippen molar-refractivity contribution in [1.82, 2.24) is 4.90 Å². The largest absolute Gasteiger partial charge is 0.366 e. The molecule has 2 amide bonds. The normalized spacial score (nSPS) is 15.3. The van der Waals surface area contributed by atoms with Crippen LogP contribution >= 0.6 is 0 Å². The van der Waals surface area contributed by atoms with Crippen molar-refractivity contribution in [2.45, 2.75) is 12.8 Å². The summed E-state index contributed by atoms with van der Waals surface area (Å²) >= 11 is 0. The molecule has 6 heteroatoms. The molecule has 2 aromatic carbocycles. The summed E-state index contributed by atoms with van der Waals surface area (Å²) < 4.78 is 0. The first-order valence-electron chi connectivity index (χ1n) is 9.04. The Labute approximate surface area is 158 Å². The summed E-state index contributed by atoms with van der Waals surface area (Å²) in [6.45, 7) is 1.72. The summed E-state index contributed by atoms with van der Waals surface area (Å²) in [5, 5.41) is 2.82. The van der Waals surface area contributed by atoms with Gasteiger partial charge in [-0.1, -0.05) is 30.3 Å². The third-order valence-corrected chi connectivity index (χ3v) is 4.84. The third kappa shape index (κ3) is 5.01. The van der Waals surface area contributed by atoms with Gasteiger partial charge >= 0.3 is 0 Å². The van der Waals surface area contributed by atoms with Crippen molar-refractivity contribution in [2.24, 2.45) is 11.7 Å². The minimum atomic E-state index is -0.499. The van der Waals surface area contributed by atoms with Crippen LogP contribution in [0, 0.1) is 5.92 Å². The summed E-state index contributed by atoms with van der Waals surface area (Å²) in [7, 11) is 0. The fourth-order valence-corrected chi connectivity index (χ4v) is 3.31. The van der Waals surface area contributed by atoms with Crippen LogP contribution in [0.25, 0.3) is 0 Å². The summed E-state index contributed by atoms with van der Waals surface area (Å²) in [5.74, 6) is -0.405. The molecule has 0 saturated carbocycles. The van der Waals surface area contributed by atoms with E-state index in [1.54, 1.807) is 24.3 Å². The molecule has 1 heterocycles. The molecule has 0 aromatic heterocycles. The van der Waals surface area contributed by atoms with Crippen LogP contribution < -0.4 is 11.1 Å². The van der Waals surface area contributed by atoms with Crippen LogP contribution in [0.4, 0.5) is 5.69 Å². The maximum Gasteiger partial charge on any atom is 0.248 e. The van der Waals surface area contributed by atoms with Crippen molar-refractivity contribution in [1.29, 1.82) is 0 Å². The van der Waals surface area contributed by atoms with Crippen LogP contribution in [0.3, 0.4) is 0 Å². The standard InChI is InChI=1S/C21H23N3O3/c22-21(27)17-6-8-18(9-7-17)23-19(25)14-24-12-10-16(11-13-24)20(26)15-4-2-1-3-5-15/h1-9,16H,10-14H2,(H2,22,27)(H,23,25). The van der Waals surface area contributed by atoms with Crippen LogP contribution in [-0.2, 0) is 4.79 Å². The van der Waals surface area contributed by atoms with E-state index in [1.165, 1.54) is 0 Å². The number of nitrogens with zero attached hydrogens (tertiary/aromatic N) is 1. The van der Waals surface area contributed by atoms with Crippen LogP contribution in [0.1, 0.15) is 33.6 Å². The number of nitrogens with one attached hydrogen (secondary N) is 1. The van der Waals surface area contributed by atoms with Crippen molar-refractivity contribution < 1.29 is 14.4 Å². The lowest BCUT2D eigenvalue weighted by Gasteiger charge is -2.30. The van der Waals surface area contributed by atoms with E-state index in [1.807, 2.05) is 30.3 Å². The molecule has 140 valence electrons. The molecular weight excluding hydrogens is 342 g/mol. The van der Waals surface area contributed by atoms with Gasteiger partial charge in [-0.05, 0) is 50.2 Å². The van der Waals surface area contributed by atoms with Crippen LogP contribution in [0.2, 0.25) is 0 Å². The number of anilines is 1. The second-order valence-electron chi connectivity index (χ2n) is 6.77. The first-order valence-corrected chi connectivity index (χ1v) is 9.04. The smallest absolute Gasteiger partial charge is 0.248 e. The lowest BCUT2D eigenvalue weighted by Crippen LogP contribution is -2.40. The molecule has 1 fully saturated rings. The average molecular weight is 365 g/mol. The number of hydrogen-bond donors (Lipinski definition) is 2. The van der Waals surface area contributed by atoms with Gasteiger partial charge in [0.2, 0.25) is 11.8 Å². The van der Waals surface area contributed by atoms with E-state index in [4.69, 9.17) is 5.73 Å². The Morgan fingerprint density at radius 3 is 2.15 bits per heavy atom. The molecule has 1 aliphatic rings. The Balaban J connectivity index is 1.46. The third-order valence-electron chi connectivity index (χ3n) is 4.84. The number of carbonyl (C=O) groups is 3. The summed E-state index contributed by atoms with van der Waals surface area (Å²) in [5.41, 5.74) is 6.98. The molecule has 0 bridgehead atoms. The van der Waals surface area contributed by atoms with Gasteiger partial charge in [-0.2, -0.15) is 0 Å². The first kappa shape index (κ1) is 18.8. The zero-order valence-electron chi connectivity index (χ0n) is 15.1. The molecule has 0 spiro atoms. The molecular formula is C21H23N3O3. The second-order valence-corrected chi connectivity index (χ2v) is 6.77. The quantitative estimate of drug-likeness (QED) is 0.769. The number of likely N-dealkylation sites (tertiary alicyclic amines) is 1. The Bertz CT molecular complexity index is 810. The molecule has 3 N–H and O–H groups in total. The average Bonchev–Trinajstić information content (AvgIpc) is 2.69. The van der Waals surface area contributed by atoms with Gasteiger partial charge in [0.15, 0.2) is 5.78 Å². The lowest BCUT2D eigenvalue weighted by molar-refractivity contribution is -0.117. The number of benzene rings is 2. The maximum atomic E-state index is 12.5. The highest BCUT2D eigenvalue weighted by Gasteiger charge is 2.26. The van der Waals surface area contributed by atoms with E-state index < -0.39 is 5.91 Å². The molecule has 0 aliphatic carbocycles. The van der Waals surface area contributed by atoms with Crippen LogP contribution in [0.5, 0.6) is 0 Å². The Hall–Kier alpha value is -2.99. The van der Waals surface area contributed by atoms with E-state index in [-0.39, 0.29) is 24.2 Å². The van der Waals surface area contributed by atoms with E-state index in [0.29, 0.717) is 11.3 Å². The SMILES string of the molecule is NC(=O)c1ccc(NC(=O)CN2CCC(C(=O)c3ccccc3)CC2)cc1. The topological polar surface area (TPSA) is 92.5 Å². The highest BCUT2D eigenvalue weighted by molar-refractivity contribution is 5.98. The van der Waals surface area contributed by atoms with Crippen LogP contribution in [-0.4, -0.2) is 42.1 Å².